The highest BCUT2D eigenvalue weighted by molar-refractivity contribution is 5.79. The van der Waals surface area contributed by atoms with Gasteiger partial charge in [-0.15, -0.1) is 0 Å². The SMILES string of the molecule is Cc1c(Nc2ccccc2N)c(OC(=O)O)n(C)c1C. The molecule has 4 N–H and O–H groups in total. The van der Waals surface area contributed by atoms with Crippen LogP contribution in [0.2, 0.25) is 0 Å². The lowest BCUT2D eigenvalue weighted by molar-refractivity contribution is 0.141. The highest BCUT2D eigenvalue weighted by Crippen LogP contribution is 2.36. The Balaban J connectivity index is 2.48. The van der Waals surface area contributed by atoms with Crippen LogP contribution in [0.3, 0.4) is 0 Å². The Hall–Kier alpha value is -2.63. The van der Waals surface area contributed by atoms with Crippen molar-refractivity contribution in [3.63, 3.8) is 0 Å². The highest BCUT2D eigenvalue weighted by Gasteiger charge is 2.20. The Kier molecular flexibility index (Phi) is 3.56. The number of benzene rings is 1. The second-order valence-electron chi connectivity index (χ2n) is 4.53. The average Bonchev–Trinajstić information content (AvgIpc) is 2.58. The van der Waals surface area contributed by atoms with E-state index in [0.717, 1.165) is 11.3 Å². The number of nitrogens with zero attached hydrogens (tertiary/aromatic N) is 1. The molecule has 0 amide bonds. The molecular formula is C14H17N3O3. The minimum absolute atomic E-state index is 0.246. The molecule has 0 spiro atoms. The quantitative estimate of drug-likeness (QED) is 0.591. The van der Waals surface area contributed by atoms with Gasteiger partial charge in [0.2, 0.25) is 5.88 Å². The number of carbonyl (C=O) groups is 1. The number of hydrogen-bond acceptors (Lipinski definition) is 4. The smallest absolute Gasteiger partial charge is 0.449 e. The van der Waals surface area contributed by atoms with Gasteiger partial charge in [0.1, 0.15) is 5.69 Å². The summed E-state index contributed by atoms with van der Waals surface area (Å²) in [5.74, 6) is 0.246. The number of para-hydroxylation sites is 2. The molecule has 0 bridgehead atoms. The molecule has 0 saturated carbocycles. The second kappa shape index (κ2) is 5.16. The van der Waals surface area contributed by atoms with Crippen LogP contribution in [0.25, 0.3) is 0 Å². The zero-order chi connectivity index (χ0) is 14.9. The van der Waals surface area contributed by atoms with E-state index in [9.17, 15) is 4.79 Å². The maximum Gasteiger partial charge on any atom is 0.512 e. The van der Waals surface area contributed by atoms with E-state index < -0.39 is 6.16 Å². The van der Waals surface area contributed by atoms with Crippen molar-refractivity contribution in [3.05, 3.63) is 35.5 Å². The number of anilines is 3. The van der Waals surface area contributed by atoms with Crippen molar-refractivity contribution in [3.8, 4) is 5.88 Å². The summed E-state index contributed by atoms with van der Waals surface area (Å²) in [6.07, 6.45) is -1.35. The van der Waals surface area contributed by atoms with Crippen molar-refractivity contribution in [2.24, 2.45) is 7.05 Å². The number of nitrogen functional groups attached to an aromatic ring is 1. The van der Waals surface area contributed by atoms with E-state index in [0.29, 0.717) is 17.1 Å². The van der Waals surface area contributed by atoms with Gasteiger partial charge in [-0.1, -0.05) is 12.1 Å². The molecule has 0 aliphatic carbocycles. The van der Waals surface area contributed by atoms with Crippen molar-refractivity contribution in [2.45, 2.75) is 13.8 Å². The molecule has 0 aliphatic heterocycles. The molecule has 0 saturated heterocycles. The summed E-state index contributed by atoms with van der Waals surface area (Å²) >= 11 is 0. The lowest BCUT2D eigenvalue weighted by atomic mass is 10.2. The zero-order valence-electron chi connectivity index (χ0n) is 11.6. The number of hydrogen-bond donors (Lipinski definition) is 3. The standard InChI is InChI=1S/C14H17N3O3/c1-8-9(2)17(3)13(20-14(18)19)12(8)16-11-7-5-4-6-10(11)15/h4-7,16H,15H2,1-3H3,(H,18,19). The third kappa shape index (κ3) is 2.40. The van der Waals surface area contributed by atoms with Crippen LogP contribution in [0.15, 0.2) is 24.3 Å². The summed E-state index contributed by atoms with van der Waals surface area (Å²) in [6.45, 7) is 3.79. The Bertz CT molecular complexity index is 662. The molecule has 0 fully saturated rings. The fourth-order valence-corrected chi connectivity index (χ4v) is 2.01. The summed E-state index contributed by atoms with van der Waals surface area (Å²) in [5, 5.41) is 12.0. The number of aromatic nitrogens is 1. The molecule has 6 nitrogen and oxygen atoms in total. The first-order chi connectivity index (χ1) is 9.41. The fraction of sp³-hybridized carbons (Fsp3) is 0.214. The van der Waals surface area contributed by atoms with Gasteiger partial charge in [-0.25, -0.2) is 4.79 Å². The highest BCUT2D eigenvalue weighted by atomic mass is 16.7. The molecule has 20 heavy (non-hydrogen) atoms. The number of rotatable bonds is 3. The van der Waals surface area contributed by atoms with E-state index in [1.165, 1.54) is 0 Å². The van der Waals surface area contributed by atoms with Crippen LogP contribution in [0.5, 0.6) is 5.88 Å². The predicted molar refractivity (Wildman–Crippen MR) is 77.7 cm³/mol. The summed E-state index contributed by atoms with van der Waals surface area (Å²) in [5.41, 5.74) is 9.60. The number of ether oxygens (including phenoxy) is 1. The summed E-state index contributed by atoms with van der Waals surface area (Å²) < 4.78 is 6.55. The lowest BCUT2D eigenvalue weighted by Crippen LogP contribution is -2.08. The molecule has 1 aromatic carbocycles. The van der Waals surface area contributed by atoms with Crippen molar-refractivity contribution in [1.82, 2.24) is 4.57 Å². The third-order valence-corrected chi connectivity index (χ3v) is 3.34. The monoisotopic (exact) mass is 275 g/mol. The number of carboxylic acid groups (broad SMARTS) is 1. The predicted octanol–water partition coefficient (Wildman–Crippen LogP) is 3.02. The second-order valence-corrected chi connectivity index (χ2v) is 4.53. The van der Waals surface area contributed by atoms with Crippen molar-refractivity contribution in [1.29, 1.82) is 0 Å². The molecule has 0 radical (unpaired) electrons. The topological polar surface area (TPSA) is 89.5 Å². The fourth-order valence-electron chi connectivity index (χ4n) is 2.01. The van der Waals surface area contributed by atoms with Crippen LogP contribution < -0.4 is 15.8 Å². The number of nitrogens with two attached hydrogens (primary N) is 1. The van der Waals surface area contributed by atoms with Crippen molar-refractivity contribution in [2.75, 3.05) is 11.1 Å². The normalized spacial score (nSPS) is 10.3. The molecule has 0 unspecified atom stereocenters. The van der Waals surface area contributed by atoms with Crippen molar-refractivity contribution >= 4 is 23.2 Å². The lowest BCUT2D eigenvalue weighted by Gasteiger charge is -2.11. The Morgan fingerprint density at radius 2 is 2.00 bits per heavy atom. The van der Waals surface area contributed by atoms with Gasteiger partial charge in [-0.2, -0.15) is 0 Å². The van der Waals surface area contributed by atoms with Crippen LogP contribution in [0, 0.1) is 13.8 Å². The van der Waals surface area contributed by atoms with Gasteiger partial charge in [0.15, 0.2) is 0 Å². The summed E-state index contributed by atoms with van der Waals surface area (Å²) in [7, 11) is 1.75. The van der Waals surface area contributed by atoms with E-state index >= 15 is 0 Å². The van der Waals surface area contributed by atoms with Gasteiger partial charge in [-0.3, -0.25) is 0 Å². The van der Waals surface area contributed by atoms with Gasteiger partial charge in [0.25, 0.3) is 0 Å². The first kappa shape index (κ1) is 13.8. The van der Waals surface area contributed by atoms with Crippen molar-refractivity contribution < 1.29 is 14.6 Å². The molecular weight excluding hydrogens is 258 g/mol. The Labute approximate surface area is 116 Å². The average molecular weight is 275 g/mol. The Morgan fingerprint density at radius 3 is 2.60 bits per heavy atom. The molecule has 0 aliphatic rings. The molecule has 2 aromatic rings. The maximum atomic E-state index is 10.8. The van der Waals surface area contributed by atoms with Crippen LogP contribution >= 0.6 is 0 Å². The molecule has 2 rings (SSSR count). The molecule has 1 heterocycles. The molecule has 1 aromatic heterocycles. The summed E-state index contributed by atoms with van der Waals surface area (Å²) in [6, 6.07) is 7.27. The van der Waals surface area contributed by atoms with E-state index in [4.69, 9.17) is 15.6 Å². The first-order valence-corrected chi connectivity index (χ1v) is 6.10. The van der Waals surface area contributed by atoms with Crippen LogP contribution in [-0.4, -0.2) is 15.8 Å². The maximum absolute atomic E-state index is 10.8. The van der Waals surface area contributed by atoms with E-state index in [1.54, 1.807) is 17.7 Å². The van der Waals surface area contributed by atoms with Crippen LogP contribution in [-0.2, 0) is 7.05 Å². The summed E-state index contributed by atoms with van der Waals surface area (Å²) in [4.78, 5) is 10.8. The van der Waals surface area contributed by atoms with Crippen LogP contribution in [0.4, 0.5) is 21.9 Å². The van der Waals surface area contributed by atoms with E-state index in [-0.39, 0.29) is 5.88 Å². The zero-order valence-corrected chi connectivity index (χ0v) is 11.6. The number of nitrogens with one attached hydrogen (secondary N) is 1. The third-order valence-electron chi connectivity index (χ3n) is 3.34. The van der Waals surface area contributed by atoms with Gasteiger partial charge in [-0.05, 0) is 31.5 Å². The van der Waals surface area contributed by atoms with Crippen LogP contribution in [0.1, 0.15) is 11.3 Å². The molecule has 0 atom stereocenters. The minimum atomic E-state index is -1.35. The largest absolute Gasteiger partial charge is 0.512 e. The van der Waals surface area contributed by atoms with Gasteiger partial charge >= 0.3 is 6.16 Å². The van der Waals surface area contributed by atoms with Gasteiger partial charge in [0.05, 0.1) is 11.4 Å². The van der Waals surface area contributed by atoms with E-state index in [1.807, 2.05) is 32.0 Å². The molecule has 106 valence electrons. The minimum Gasteiger partial charge on any atom is -0.449 e. The van der Waals surface area contributed by atoms with Gasteiger partial charge in [0, 0.05) is 12.7 Å². The Morgan fingerprint density at radius 1 is 1.35 bits per heavy atom. The first-order valence-electron chi connectivity index (χ1n) is 6.10. The molecule has 6 heteroatoms. The van der Waals surface area contributed by atoms with E-state index in [2.05, 4.69) is 5.32 Å². The van der Waals surface area contributed by atoms with Gasteiger partial charge < -0.3 is 25.5 Å².